The summed E-state index contributed by atoms with van der Waals surface area (Å²) in [5, 5.41) is 22.4. The van der Waals surface area contributed by atoms with Crippen molar-refractivity contribution < 1.29 is 29.2 Å². The monoisotopic (exact) mass is 406 g/mol. The molecule has 1 aliphatic heterocycles. The molecule has 0 unspecified atom stereocenters. The Bertz CT molecular complexity index is 765. The van der Waals surface area contributed by atoms with Crippen LogP contribution in [0.25, 0.3) is 0 Å². The molecule has 6 heteroatoms. The third-order valence-electron chi connectivity index (χ3n) is 10.0. The van der Waals surface area contributed by atoms with E-state index in [4.69, 9.17) is 14.2 Å². The van der Waals surface area contributed by atoms with Gasteiger partial charge in [-0.3, -0.25) is 4.79 Å². The third kappa shape index (κ3) is 2.03. The summed E-state index contributed by atoms with van der Waals surface area (Å²) < 4.78 is 17.8. The number of methoxy groups -OCH3 is 2. The average Bonchev–Trinajstić information content (AvgIpc) is 3.38. The number of fused-ring (bicyclic) bond motifs is 7. The van der Waals surface area contributed by atoms with E-state index >= 15 is 0 Å². The van der Waals surface area contributed by atoms with E-state index < -0.39 is 17.0 Å². The first-order valence-electron chi connectivity index (χ1n) is 11.0. The highest BCUT2D eigenvalue weighted by atomic mass is 16.8. The van der Waals surface area contributed by atoms with Crippen molar-refractivity contribution in [1.29, 1.82) is 0 Å². The van der Waals surface area contributed by atoms with Gasteiger partial charge >= 0.3 is 0 Å². The standard InChI is InChI=1S/C23H34O6/c1-19-8-7-15(25)11-14(19)5-6-16-17-12-18-23(29-18,22(13-24,27-3)28-4)20(17,2)9-10-21(16,19)26/h11,16-18,24,26H,5-10,12-13H2,1-4H3/t16-,17-,18+,19-,20-,21+,23+/m0/s1. The smallest absolute Gasteiger partial charge is 0.224 e. The molecule has 6 nitrogen and oxygen atoms in total. The van der Waals surface area contributed by atoms with Crippen molar-refractivity contribution in [2.24, 2.45) is 22.7 Å². The second-order valence-corrected chi connectivity index (χ2v) is 10.5. The van der Waals surface area contributed by atoms with Gasteiger partial charge in [-0.25, -0.2) is 0 Å². The second kappa shape index (κ2) is 5.92. The Labute approximate surface area is 172 Å². The van der Waals surface area contributed by atoms with Crippen LogP contribution in [-0.2, 0) is 19.0 Å². The predicted molar refractivity (Wildman–Crippen MR) is 105 cm³/mol. The quantitative estimate of drug-likeness (QED) is 0.550. The molecule has 0 spiro atoms. The zero-order chi connectivity index (χ0) is 20.9. The van der Waals surface area contributed by atoms with E-state index in [1.165, 1.54) is 0 Å². The Kier molecular flexibility index (Phi) is 4.11. The highest BCUT2D eigenvalue weighted by Gasteiger charge is 2.85. The molecule has 4 aliphatic carbocycles. The zero-order valence-electron chi connectivity index (χ0n) is 18.0. The highest BCUT2D eigenvalue weighted by molar-refractivity contribution is 5.91. The molecule has 162 valence electrons. The molecular formula is C23H34O6. The molecule has 0 radical (unpaired) electrons. The molecule has 3 saturated carbocycles. The largest absolute Gasteiger partial charge is 0.391 e. The van der Waals surface area contributed by atoms with Crippen molar-refractivity contribution in [3.05, 3.63) is 11.6 Å². The Morgan fingerprint density at radius 1 is 1.17 bits per heavy atom. The van der Waals surface area contributed by atoms with Gasteiger partial charge < -0.3 is 24.4 Å². The minimum atomic E-state index is -1.18. The van der Waals surface area contributed by atoms with E-state index in [0.29, 0.717) is 12.8 Å². The van der Waals surface area contributed by atoms with Gasteiger partial charge in [0.2, 0.25) is 5.79 Å². The van der Waals surface area contributed by atoms with Crippen LogP contribution in [0.2, 0.25) is 0 Å². The molecule has 0 aromatic heterocycles. The van der Waals surface area contributed by atoms with Crippen molar-refractivity contribution >= 4 is 5.78 Å². The molecule has 0 aromatic rings. The average molecular weight is 407 g/mol. The fraction of sp³-hybridized carbons (Fsp3) is 0.870. The van der Waals surface area contributed by atoms with Crippen LogP contribution in [-0.4, -0.2) is 59.9 Å². The van der Waals surface area contributed by atoms with Crippen LogP contribution in [0, 0.1) is 22.7 Å². The first kappa shape index (κ1) is 20.1. The maximum atomic E-state index is 12.1. The second-order valence-electron chi connectivity index (χ2n) is 10.5. The van der Waals surface area contributed by atoms with E-state index in [0.717, 1.165) is 37.7 Å². The van der Waals surface area contributed by atoms with E-state index in [9.17, 15) is 15.0 Å². The van der Waals surface area contributed by atoms with Gasteiger partial charge in [-0.15, -0.1) is 0 Å². The Morgan fingerprint density at radius 2 is 1.90 bits per heavy atom. The molecule has 5 aliphatic rings. The van der Waals surface area contributed by atoms with Crippen LogP contribution in [0.1, 0.15) is 58.8 Å². The molecule has 2 N–H and O–H groups in total. The molecule has 4 fully saturated rings. The number of hydrogen-bond donors (Lipinski definition) is 2. The lowest BCUT2D eigenvalue weighted by Crippen LogP contribution is -2.67. The van der Waals surface area contributed by atoms with Crippen molar-refractivity contribution in [3.8, 4) is 0 Å². The van der Waals surface area contributed by atoms with Gasteiger partial charge in [0.1, 0.15) is 6.61 Å². The first-order chi connectivity index (χ1) is 13.7. The van der Waals surface area contributed by atoms with Crippen LogP contribution in [0.15, 0.2) is 11.6 Å². The molecule has 29 heavy (non-hydrogen) atoms. The molecule has 7 atom stereocenters. The van der Waals surface area contributed by atoms with Gasteiger partial charge in [0.05, 0.1) is 11.7 Å². The maximum Gasteiger partial charge on any atom is 0.224 e. The molecule has 0 aromatic carbocycles. The number of ketones is 1. The van der Waals surface area contributed by atoms with Crippen LogP contribution in [0.4, 0.5) is 0 Å². The number of aliphatic hydroxyl groups is 2. The molecule has 0 bridgehead atoms. The summed E-state index contributed by atoms with van der Waals surface area (Å²) in [6, 6.07) is 0. The summed E-state index contributed by atoms with van der Waals surface area (Å²) in [4.78, 5) is 12.0. The number of epoxide rings is 1. The fourth-order valence-electron chi connectivity index (χ4n) is 8.26. The third-order valence-corrected chi connectivity index (χ3v) is 10.0. The lowest BCUT2D eigenvalue weighted by Gasteiger charge is -2.63. The van der Waals surface area contributed by atoms with E-state index in [-0.39, 0.29) is 41.2 Å². The number of carbonyl (C=O) groups is 1. The van der Waals surface area contributed by atoms with E-state index in [1.807, 2.05) is 6.08 Å². The lowest BCUT2D eigenvalue weighted by molar-refractivity contribution is -0.299. The van der Waals surface area contributed by atoms with Gasteiger partial charge in [0, 0.05) is 31.5 Å². The summed E-state index contributed by atoms with van der Waals surface area (Å²) >= 11 is 0. The van der Waals surface area contributed by atoms with Crippen molar-refractivity contribution in [1.82, 2.24) is 0 Å². The van der Waals surface area contributed by atoms with Crippen molar-refractivity contribution in [2.75, 3.05) is 20.8 Å². The maximum absolute atomic E-state index is 12.1. The summed E-state index contributed by atoms with van der Waals surface area (Å²) in [7, 11) is 3.14. The molecule has 1 saturated heterocycles. The Morgan fingerprint density at radius 3 is 2.55 bits per heavy atom. The number of hydrogen-bond acceptors (Lipinski definition) is 6. The SMILES string of the molecule is COC(CO)(OC)[C@@]12O[C@@H]1C[C@H]1[C@@H]3CCC4=CC(=O)CC[C@]4(C)[C@@]3(O)CC[C@@]12C. The summed E-state index contributed by atoms with van der Waals surface area (Å²) in [6.07, 6.45) is 7.11. The molecule has 5 rings (SSSR count). The fourth-order valence-corrected chi connectivity index (χ4v) is 8.26. The molecule has 1 heterocycles. The highest BCUT2D eigenvalue weighted by Crippen LogP contribution is 2.76. The Balaban J connectivity index is 1.55. The van der Waals surface area contributed by atoms with Crippen LogP contribution in [0.3, 0.4) is 0 Å². The lowest BCUT2D eigenvalue weighted by atomic mass is 9.44. The van der Waals surface area contributed by atoms with Crippen LogP contribution < -0.4 is 0 Å². The minimum Gasteiger partial charge on any atom is -0.391 e. The number of carbonyl (C=O) groups excluding carboxylic acids is 1. The van der Waals surface area contributed by atoms with Crippen molar-refractivity contribution in [2.45, 2.75) is 81.9 Å². The van der Waals surface area contributed by atoms with Gasteiger partial charge in [0.15, 0.2) is 11.4 Å². The van der Waals surface area contributed by atoms with Crippen LogP contribution >= 0.6 is 0 Å². The van der Waals surface area contributed by atoms with Gasteiger partial charge in [-0.2, -0.15) is 0 Å². The first-order valence-corrected chi connectivity index (χ1v) is 11.0. The van der Waals surface area contributed by atoms with Gasteiger partial charge in [0.25, 0.3) is 0 Å². The number of aliphatic hydroxyl groups excluding tert-OH is 1. The molecule has 0 amide bonds. The van der Waals surface area contributed by atoms with Gasteiger partial charge in [-0.05, 0) is 56.4 Å². The zero-order valence-corrected chi connectivity index (χ0v) is 18.0. The van der Waals surface area contributed by atoms with Crippen LogP contribution in [0.5, 0.6) is 0 Å². The predicted octanol–water partition coefficient (Wildman–Crippen LogP) is 2.36. The van der Waals surface area contributed by atoms with Crippen molar-refractivity contribution in [3.63, 3.8) is 0 Å². The molecular weight excluding hydrogens is 372 g/mol. The number of rotatable bonds is 4. The van der Waals surface area contributed by atoms with Gasteiger partial charge in [-0.1, -0.05) is 19.4 Å². The summed E-state index contributed by atoms with van der Waals surface area (Å²) in [5.41, 5.74) is -0.914. The minimum absolute atomic E-state index is 0.0235. The van der Waals surface area contributed by atoms with E-state index in [1.54, 1.807) is 14.2 Å². The number of ether oxygens (including phenoxy) is 3. The summed E-state index contributed by atoms with van der Waals surface area (Å²) in [6.45, 7) is 4.15. The Hall–Kier alpha value is -0.790. The topological polar surface area (TPSA) is 88.5 Å². The summed E-state index contributed by atoms with van der Waals surface area (Å²) in [5.74, 6) is -0.568. The van der Waals surface area contributed by atoms with E-state index in [2.05, 4.69) is 13.8 Å². The normalized spacial score (nSPS) is 50.9.